The van der Waals surface area contributed by atoms with E-state index in [-0.39, 0.29) is 30.2 Å². The molecule has 3 aromatic rings. The monoisotopic (exact) mass is 455 g/mol. The second kappa shape index (κ2) is 12.9. The number of rotatable bonds is 2. The van der Waals surface area contributed by atoms with Crippen LogP contribution in [-0.4, -0.2) is 8.92 Å². The predicted octanol–water partition coefficient (Wildman–Crippen LogP) is 6.76. The average molecular weight is 456 g/mol. The van der Waals surface area contributed by atoms with Crippen molar-refractivity contribution < 1.29 is 27.4 Å². The third-order valence-electron chi connectivity index (χ3n) is 3.93. The Morgan fingerprint density at radius 1 is 0.750 bits per heavy atom. The van der Waals surface area contributed by atoms with Gasteiger partial charge in [0.1, 0.15) is 5.75 Å². The van der Waals surface area contributed by atoms with E-state index in [0.717, 1.165) is 20.5 Å². The maximum absolute atomic E-state index is 13.1. The number of aromatic hydroxyl groups is 1. The molecule has 1 nitrogen and oxygen atoms in total. The molecule has 5 heteroatoms. The van der Waals surface area contributed by atoms with Crippen molar-refractivity contribution in [3.8, 4) is 5.75 Å². The molecular formula is C23H26Cl2FOTi. The zero-order valence-electron chi connectivity index (χ0n) is 16.2. The summed E-state index contributed by atoms with van der Waals surface area (Å²) in [4.78, 5) is 0. The minimum absolute atomic E-state index is 0. The first kappa shape index (κ1) is 26.6. The van der Waals surface area contributed by atoms with E-state index >= 15 is 0 Å². The van der Waals surface area contributed by atoms with Gasteiger partial charge in [-0.2, -0.15) is 0 Å². The Balaban J connectivity index is 0.000000507. The molecular weight excluding hydrogens is 430 g/mol. The SMILES string of the molecule is CC(C)(C)c1cccc(O)c1.Cl.Cl.[F][Ti]=[C](c1ccccc1)c1ccccc1. The normalized spacial score (nSPS) is 9.57. The van der Waals surface area contributed by atoms with Gasteiger partial charge in [-0.05, 0) is 23.1 Å². The van der Waals surface area contributed by atoms with E-state index in [2.05, 4.69) is 20.8 Å². The molecule has 0 aliphatic rings. The van der Waals surface area contributed by atoms with Crippen molar-refractivity contribution >= 4 is 28.6 Å². The summed E-state index contributed by atoms with van der Waals surface area (Å²) in [5.41, 5.74) is 3.30. The van der Waals surface area contributed by atoms with Gasteiger partial charge >= 0.3 is 97.9 Å². The summed E-state index contributed by atoms with van der Waals surface area (Å²) in [5, 5.41) is 9.18. The van der Waals surface area contributed by atoms with Crippen LogP contribution in [0, 0.1) is 0 Å². The van der Waals surface area contributed by atoms with Crippen LogP contribution in [0.15, 0.2) is 84.9 Å². The molecule has 3 aromatic carbocycles. The Kier molecular flexibility index (Phi) is 12.2. The first-order valence-electron chi connectivity index (χ1n) is 8.56. The molecule has 0 heterocycles. The van der Waals surface area contributed by atoms with Gasteiger partial charge in [-0.1, -0.05) is 32.9 Å². The van der Waals surface area contributed by atoms with E-state index in [1.165, 1.54) is 0 Å². The molecule has 0 saturated carbocycles. The van der Waals surface area contributed by atoms with Crippen LogP contribution >= 0.6 is 24.8 Å². The van der Waals surface area contributed by atoms with Gasteiger partial charge in [0.2, 0.25) is 0 Å². The van der Waals surface area contributed by atoms with E-state index in [1.807, 2.05) is 72.8 Å². The molecule has 0 radical (unpaired) electrons. The number of hydrogen-bond acceptors (Lipinski definition) is 1. The van der Waals surface area contributed by atoms with Gasteiger partial charge in [0.05, 0.1) is 0 Å². The first-order chi connectivity index (χ1) is 12.4. The number of phenols is 1. The summed E-state index contributed by atoms with van der Waals surface area (Å²) in [5.74, 6) is 0.345. The molecule has 1 N–H and O–H groups in total. The Morgan fingerprint density at radius 3 is 1.54 bits per heavy atom. The van der Waals surface area contributed by atoms with Crippen LogP contribution < -0.4 is 0 Å². The second-order valence-corrected chi connectivity index (χ2v) is 8.08. The van der Waals surface area contributed by atoms with Gasteiger partial charge in [0.15, 0.2) is 0 Å². The van der Waals surface area contributed by atoms with Crippen molar-refractivity contribution in [2.75, 3.05) is 0 Å². The number of phenolic OH excluding ortho intramolecular Hbond substituents is 1. The number of halogens is 3. The van der Waals surface area contributed by atoms with Crippen molar-refractivity contribution in [1.82, 2.24) is 0 Å². The summed E-state index contributed by atoms with van der Waals surface area (Å²) in [6.45, 7) is 6.38. The Morgan fingerprint density at radius 2 is 1.21 bits per heavy atom. The fraction of sp³-hybridized carbons (Fsp3) is 0.174. The van der Waals surface area contributed by atoms with Crippen molar-refractivity contribution in [1.29, 1.82) is 0 Å². The minimum atomic E-state index is -1.53. The summed E-state index contributed by atoms with van der Waals surface area (Å²) in [6.07, 6.45) is 0. The van der Waals surface area contributed by atoms with Crippen molar-refractivity contribution in [3.05, 3.63) is 102 Å². The van der Waals surface area contributed by atoms with E-state index < -0.39 is 19.2 Å². The second-order valence-electron chi connectivity index (χ2n) is 7.00. The third-order valence-corrected chi connectivity index (χ3v) is 5.13. The molecule has 0 bridgehead atoms. The fourth-order valence-electron chi connectivity index (χ4n) is 2.46. The quantitative estimate of drug-likeness (QED) is 0.423. The molecule has 3 rings (SSSR count). The van der Waals surface area contributed by atoms with E-state index in [9.17, 15) is 8.20 Å². The standard InChI is InChI=1S/C13H10.C10H14O.2ClH.FH.Ti/c1-3-7-12(8-4-1)11-13-9-5-2-6-10-13;1-10(2,3)8-5-4-6-9(11)7-8;;;;/h1-10H;4-7,11H,1-3H3;3*1H;/q;;;;;+1/p-1. The van der Waals surface area contributed by atoms with Crippen molar-refractivity contribution in [2.45, 2.75) is 26.2 Å². The molecule has 0 amide bonds. The van der Waals surface area contributed by atoms with Crippen LogP contribution in [0.4, 0.5) is 3.09 Å². The van der Waals surface area contributed by atoms with Crippen LogP contribution in [0.5, 0.6) is 5.75 Å². The van der Waals surface area contributed by atoms with Gasteiger partial charge in [-0.25, -0.2) is 0 Å². The zero-order chi connectivity index (χ0) is 19.0. The summed E-state index contributed by atoms with van der Waals surface area (Å²) >= 11 is -1.53. The number of hydrogen-bond donors (Lipinski definition) is 1. The fourth-order valence-corrected chi connectivity index (χ4v) is 3.32. The maximum atomic E-state index is 13.1. The third kappa shape index (κ3) is 8.28. The van der Waals surface area contributed by atoms with Gasteiger partial charge in [0, 0.05) is 0 Å². The average Bonchev–Trinajstić information content (AvgIpc) is 2.64. The molecule has 28 heavy (non-hydrogen) atoms. The van der Waals surface area contributed by atoms with Gasteiger partial charge in [-0.3, -0.25) is 0 Å². The Labute approximate surface area is 188 Å². The Hall–Kier alpha value is -1.45. The number of benzene rings is 3. The van der Waals surface area contributed by atoms with E-state index in [4.69, 9.17) is 0 Å². The van der Waals surface area contributed by atoms with Crippen LogP contribution in [-0.2, 0) is 24.6 Å². The van der Waals surface area contributed by atoms with Crippen LogP contribution in [0.1, 0.15) is 37.5 Å². The first-order valence-corrected chi connectivity index (χ1v) is 9.93. The van der Waals surface area contributed by atoms with Crippen molar-refractivity contribution in [3.63, 3.8) is 0 Å². The molecule has 0 fully saturated rings. The van der Waals surface area contributed by atoms with Crippen molar-refractivity contribution in [2.24, 2.45) is 0 Å². The zero-order valence-corrected chi connectivity index (χ0v) is 19.4. The van der Waals surface area contributed by atoms with Gasteiger partial charge in [-0.15, -0.1) is 24.8 Å². The molecule has 0 atom stereocenters. The topological polar surface area (TPSA) is 20.2 Å². The summed E-state index contributed by atoms with van der Waals surface area (Å²) in [7, 11) is 0. The molecule has 0 aromatic heterocycles. The predicted molar refractivity (Wildman–Crippen MR) is 119 cm³/mol. The van der Waals surface area contributed by atoms with E-state index in [1.54, 1.807) is 12.1 Å². The molecule has 0 unspecified atom stereocenters. The molecule has 0 spiro atoms. The van der Waals surface area contributed by atoms with Crippen LogP contribution in [0.2, 0.25) is 0 Å². The summed E-state index contributed by atoms with van der Waals surface area (Å²) in [6, 6.07) is 26.9. The van der Waals surface area contributed by atoms with Crippen LogP contribution in [0.3, 0.4) is 0 Å². The van der Waals surface area contributed by atoms with Crippen LogP contribution in [0.25, 0.3) is 0 Å². The summed E-state index contributed by atoms with van der Waals surface area (Å²) < 4.78 is 14.0. The molecule has 149 valence electrons. The molecule has 0 aliphatic carbocycles. The van der Waals surface area contributed by atoms with Gasteiger partial charge < -0.3 is 5.11 Å². The van der Waals surface area contributed by atoms with Gasteiger partial charge in [0.25, 0.3) is 0 Å². The molecule has 0 aliphatic heterocycles. The molecule has 0 saturated heterocycles. The van der Waals surface area contributed by atoms with E-state index in [0.29, 0.717) is 5.75 Å². The Bertz CT molecular complexity index is 806.